The van der Waals surface area contributed by atoms with Crippen LogP contribution in [-0.2, 0) is 9.59 Å². The number of hydrogen-bond acceptors (Lipinski definition) is 2. The summed E-state index contributed by atoms with van der Waals surface area (Å²) in [5, 5.41) is 4.81. The van der Waals surface area contributed by atoms with Crippen LogP contribution in [0.1, 0.15) is 0 Å². The zero-order valence-corrected chi connectivity index (χ0v) is 7.13. The lowest BCUT2D eigenvalue weighted by Crippen LogP contribution is -2.14. The summed E-state index contributed by atoms with van der Waals surface area (Å²) in [6.07, 6.45) is 5.65. The Morgan fingerprint density at radius 3 is 1.50 bits per heavy atom. The molecule has 0 heterocycles. The molecule has 2 N–H and O–H groups in total. The van der Waals surface area contributed by atoms with E-state index in [1.54, 1.807) is 0 Å². The largest absolute Gasteiger partial charge is 0.356 e. The number of rotatable bonds is 3. The topological polar surface area (TPSA) is 58.2 Å². The molecule has 0 aliphatic rings. The predicted molar refractivity (Wildman–Crippen MR) is 46.4 cm³/mol. The van der Waals surface area contributed by atoms with E-state index in [0.29, 0.717) is 0 Å². The highest BCUT2D eigenvalue weighted by molar-refractivity contribution is 5.89. The first-order chi connectivity index (χ1) is 5.70. The molecule has 0 unspecified atom stereocenters. The molecule has 0 spiro atoms. The highest BCUT2D eigenvalue weighted by atomic mass is 16.2. The van der Waals surface area contributed by atoms with E-state index >= 15 is 0 Å². The van der Waals surface area contributed by atoms with E-state index in [1.165, 1.54) is 38.4 Å². The van der Waals surface area contributed by atoms with E-state index in [9.17, 15) is 9.59 Å². The van der Waals surface area contributed by atoms with Crippen molar-refractivity contribution in [2.75, 3.05) is 14.1 Å². The van der Waals surface area contributed by atoms with E-state index in [1.807, 2.05) is 0 Å². The second-order valence-electron chi connectivity index (χ2n) is 1.95. The van der Waals surface area contributed by atoms with E-state index in [-0.39, 0.29) is 11.8 Å². The summed E-state index contributed by atoms with van der Waals surface area (Å²) in [7, 11) is 3.07. The molecule has 0 aliphatic carbocycles. The number of carbonyl (C=O) groups is 2. The third-order valence-corrected chi connectivity index (χ3v) is 1.10. The van der Waals surface area contributed by atoms with Crippen molar-refractivity contribution in [3.05, 3.63) is 24.3 Å². The Morgan fingerprint density at radius 1 is 0.917 bits per heavy atom. The molecule has 0 atom stereocenters. The first kappa shape index (κ1) is 10.4. The maximum Gasteiger partial charge on any atom is 0.243 e. The fourth-order valence-corrected chi connectivity index (χ4v) is 0.453. The zero-order valence-electron chi connectivity index (χ0n) is 7.13. The fraction of sp³-hybridized carbons (Fsp3) is 0.250. The fourth-order valence-electron chi connectivity index (χ4n) is 0.453. The summed E-state index contributed by atoms with van der Waals surface area (Å²) in [5.41, 5.74) is 0. The molecule has 0 rings (SSSR count). The minimum atomic E-state index is -0.198. The van der Waals surface area contributed by atoms with Crippen LogP contribution < -0.4 is 10.6 Å². The summed E-state index contributed by atoms with van der Waals surface area (Å²) in [4.78, 5) is 21.2. The van der Waals surface area contributed by atoms with E-state index in [2.05, 4.69) is 10.6 Å². The van der Waals surface area contributed by atoms with Crippen LogP contribution in [0.5, 0.6) is 0 Å². The van der Waals surface area contributed by atoms with Crippen molar-refractivity contribution in [1.82, 2.24) is 10.6 Å². The molecule has 0 aliphatic heterocycles. The number of carbonyl (C=O) groups excluding carboxylic acids is 2. The summed E-state index contributed by atoms with van der Waals surface area (Å²) in [5.74, 6) is -0.395. The second-order valence-corrected chi connectivity index (χ2v) is 1.95. The summed E-state index contributed by atoms with van der Waals surface area (Å²) < 4.78 is 0. The van der Waals surface area contributed by atoms with Crippen LogP contribution >= 0.6 is 0 Å². The highest BCUT2D eigenvalue weighted by Gasteiger charge is 1.86. The van der Waals surface area contributed by atoms with Crippen molar-refractivity contribution >= 4 is 11.8 Å². The molecule has 0 radical (unpaired) electrons. The van der Waals surface area contributed by atoms with E-state index in [4.69, 9.17) is 0 Å². The standard InChI is InChI=1S/C8H12N2O2/c1-9-7(11)5-3-4-6-8(12)10-2/h3-6H,1-2H3,(H,9,11)(H,10,12)/b5-3+,6-4+. The average molecular weight is 168 g/mol. The lowest BCUT2D eigenvalue weighted by molar-refractivity contribution is -0.116. The third kappa shape index (κ3) is 5.22. The molecule has 66 valence electrons. The molecule has 0 saturated carbocycles. The van der Waals surface area contributed by atoms with Gasteiger partial charge < -0.3 is 10.6 Å². The van der Waals surface area contributed by atoms with E-state index < -0.39 is 0 Å². The minimum Gasteiger partial charge on any atom is -0.356 e. The number of likely N-dealkylation sites (N-methyl/N-ethyl adjacent to an activating group) is 2. The van der Waals surface area contributed by atoms with Crippen LogP contribution in [0.2, 0.25) is 0 Å². The molecule has 0 fully saturated rings. The van der Waals surface area contributed by atoms with Gasteiger partial charge in [0.15, 0.2) is 0 Å². The van der Waals surface area contributed by atoms with Crippen molar-refractivity contribution in [1.29, 1.82) is 0 Å². The molecule has 4 heteroatoms. The van der Waals surface area contributed by atoms with Gasteiger partial charge in [0.25, 0.3) is 0 Å². The SMILES string of the molecule is CNC(=O)/C=C/C=C/C(=O)NC. The summed E-state index contributed by atoms with van der Waals surface area (Å²) in [6, 6.07) is 0. The van der Waals surface area contributed by atoms with Gasteiger partial charge in [-0.05, 0) is 0 Å². The molecule has 4 nitrogen and oxygen atoms in total. The van der Waals surface area contributed by atoms with E-state index in [0.717, 1.165) is 0 Å². The van der Waals surface area contributed by atoms with Crippen LogP contribution in [0.15, 0.2) is 24.3 Å². The Bertz CT molecular complexity index is 195. The highest BCUT2D eigenvalue weighted by Crippen LogP contribution is 1.77. The minimum absolute atomic E-state index is 0.198. The van der Waals surface area contributed by atoms with Crippen LogP contribution in [0, 0.1) is 0 Å². The van der Waals surface area contributed by atoms with Gasteiger partial charge in [0.05, 0.1) is 0 Å². The van der Waals surface area contributed by atoms with Gasteiger partial charge in [-0.3, -0.25) is 9.59 Å². The lowest BCUT2D eigenvalue weighted by atomic mass is 10.4. The first-order valence-electron chi connectivity index (χ1n) is 3.49. The Morgan fingerprint density at radius 2 is 1.25 bits per heavy atom. The quantitative estimate of drug-likeness (QED) is 0.444. The van der Waals surface area contributed by atoms with Gasteiger partial charge in [0, 0.05) is 26.2 Å². The third-order valence-electron chi connectivity index (χ3n) is 1.10. The van der Waals surface area contributed by atoms with Crippen LogP contribution in [0.3, 0.4) is 0 Å². The van der Waals surface area contributed by atoms with Crippen molar-refractivity contribution in [3.8, 4) is 0 Å². The molecule has 0 aromatic heterocycles. The molecule has 12 heavy (non-hydrogen) atoms. The Labute approximate surface area is 71.3 Å². The van der Waals surface area contributed by atoms with Gasteiger partial charge in [-0.15, -0.1) is 0 Å². The van der Waals surface area contributed by atoms with Gasteiger partial charge in [-0.25, -0.2) is 0 Å². The average Bonchev–Trinajstić information content (AvgIpc) is 2.11. The zero-order chi connectivity index (χ0) is 9.40. The smallest absolute Gasteiger partial charge is 0.243 e. The van der Waals surface area contributed by atoms with Crippen molar-refractivity contribution in [2.24, 2.45) is 0 Å². The number of hydrogen-bond donors (Lipinski definition) is 2. The molecular weight excluding hydrogens is 156 g/mol. The molecule has 0 aromatic rings. The Hall–Kier alpha value is -1.58. The number of nitrogens with one attached hydrogen (secondary N) is 2. The molecule has 0 aromatic carbocycles. The first-order valence-corrected chi connectivity index (χ1v) is 3.49. The van der Waals surface area contributed by atoms with Crippen LogP contribution in [0.25, 0.3) is 0 Å². The monoisotopic (exact) mass is 168 g/mol. The lowest BCUT2D eigenvalue weighted by Gasteiger charge is -1.87. The van der Waals surface area contributed by atoms with Crippen LogP contribution in [-0.4, -0.2) is 25.9 Å². The molecule has 2 amide bonds. The molecule has 0 bridgehead atoms. The Balaban J connectivity index is 3.81. The van der Waals surface area contributed by atoms with Gasteiger partial charge in [0.2, 0.25) is 11.8 Å². The summed E-state index contributed by atoms with van der Waals surface area (Å²) in [6.45, 7) is 0. The van der Waals surface area contributed by atoms with Gasteiger partial charge in [-0.1, -0.05) is 12.2 Å². The van der Waals surface area contributed by atoms with Crippen molar-refractivity contribution in [2.45, 2.75) is 0 Å². The van der Waals surface area contributed by atoms with Gasteiger partial charge in [0.1, 0.15) is 0 Å². The summed E-state index contributed by atoms with van der Waals surface area (Å²) >= 11 is 0. The number of amides is 2. The maximum atomic E-state index is 10.6. The van der Waals surface area contributed by atoms with Gasteiger partial charge >= 0.3 is 0 Å². The molecule has 0 saturated heterocycles. The second kappa shape index (κ2) is 6.15. The van der Waals surface area contributed by atoms with Crippen molar-refractivity contribution < 1.29 is 9.59 Å². The normalized spacial score (nSPS) is 10.5. The van der Waals surface area contributed by atoms with Crippen LogP contribution in [0.4, 0.5) is 0 Å². The van der Waals surface area contributed by atoms with Gasteiger partial charge in [-0.2, -0.15) is 0 Å². The predicted octanol–water partition coefficient (Wildman–Crippen LogP) is -0.409. The number of allylic oxidation sites excluding steroid dienone is 2. The maximum absolute atomic E-state index is 10.6. The molecular formula is C8H12N2O2. The Kier molecular flexibility index (Phi) is 5.34. The van der Waals surface area contributed by atoms with Crippen molar-refractivity contribution in [3.63, 3.8) is 0 Å².